The van der Waals surface area contributed by atoms with Crippen molar-refractivity contribution >= 4 is 60.0 Å². The van der Waals surface area contributed by atoms with Crippen LogP contribution in [0.4, 0.5) is 11.4 Å². The van der Waals surface area contributed by atoms with Crippen LogP contribution in [0.15, 0.2) is 61.6 Å². The van der Waals surface area contributed by atoms with Gasteiger partial charge in [0.2, 0.25) is 0 Å². The monoisotopic (exact) mass is 527 g/mol. The lowest BCUT2D eigenvalue weighted by molar-refractivity contribution is 0.0858. The number of hydrogen-bond donors (Lipinski definition) is 3. The molecule has 1 atom stereocenters. The third-order valence-corrected chi connectivity index (χ3v) is 10.3. The Hall–Kier alpha value is -2.45. The zero-order valence-corrected chi connectivity index (χ0v) is 20.5. The molecule has 0 spiro atoms. The van der Waals surface area contributed by atoms with Gasteiger partial charge in [-0.05, 0) is 53.9 Å². The number of anilines is 2. The SMILES string of the molecule is O=C(NC[C@@H]1CCCO1)c1cc(NS(=O)(=O)c2cccs2)cc(NS(=O)(=O)c2cccs2)c1. The van der Waals surface area contributed by atoms with Gasteiger partial charge in [0, 0.05) is 18.7 Å². The Labute approximate surface area is 199 Å². The zero-order valence-electron chi connectivity index (χ0n) is 17.2. The summed E-state index contributed by atoms with van der Waals surface area (Å²) in [5, 5.41) is 6.02. The average Bonchev–Trinajstić information content (AvgIpc) is 3.54. The first kappa shape index (κ1) is 23.7. The van der Waals surface area contributed by atoms with E-state index in [1.165, 1.54) is 30.3 Å². The number of ether oxygens (including phenoxy) is 1. The number of nitrogens with one attached hydrogen (secondary N) is 3. The molecule has 3 heterocycles. The molecule has 4 rings (SSSR count). The molecule has 0 aliphatic carbocycles. The Bertz CT molecular complexity index is 1230. The van der Waals surface area contributed by atoms with Crippen LogP contribution in [-0.2, 0) is 24.8 Å². The molecule has 2 aromatic heterocycles. The van der Waals surface area contributed by atoms with Gasteiger partial charge in [0.25, 0.3) is 26.0 Å². The van der Waals surface area contributed by atoms with Gasteiger partial charge in [0.15, 0.2) is 0 Å². The summed E-state index contributed by atoms with van der Waals surface area (Å²) in [6, 6.07) is 10.2. The normalized spacial score (nSPS) is 16.4. The highest BCUT2D eigenvalue weighted by atomic mass is 32.3. The number of rotatable bonds is 9. The molecule has 1 fully saturated rings. The van der Waals surface area contributed by atoms with E-state index in [9.17, 15) is 21.6 Å². The highest BCUT2D eigenvalue weighted by Crippen LogP contribution is 2.27. The van der Waals surface area contributed by atoms with Crippen molar-refractivity contribution in [3.8, 4) is 0 Å². The van der Waals surface area contributed by atoms with Crippen molar-refractivity contribution in [3.05, 3.63) is 58.8 Å². The standard InChI is InChI=1S/C20H21N3O6S4/c24-20(21-13-17-4-1-7-29-17)14-10-15(22-32(25,26)18-5-2-8-30-18)12-16(11-14)23-33(27,28)19-6-3-9-31-19/h2-3,5-6,8-12,17,22-23H,1,4,7,13H2,(H,21,24)/t17-/m0/s1. The van der Waals surface area contributed by atoms with E-state index in [4.69, 9.17) is 4.74 Å². The summed E-state index contributed by atoms with van der Waals surface area (Å²) in [7, 11) is -7.80. The smallest absolute Gasteiger partial charge is 0.271 e. The van der Waals surface area contributed by atoms with E-state index in [0.29, 0.717) is 13.2 Å². The molecular weight excluding hydrogens is 507 g/mol. The highest BCUT2D eigenvalue weighted by molar-refractivity contribution is 7.95. The van der Waals surface area contributed by atoms with Crippen LogP contribution in [0, 0.1) is 0 Å². The summed E-state index contributed by atoms with van der Waals surface area (Å²) in [5.41, 5.74) is 0.206. The first-order chi connectivity index (χ1) is 15.7. The predicted octanol–water partition coefficient (Wildman–Crippen LogP) is 3.32. The second-order valence-corrected chi connectivity index (χ2v) is 12.9. The van der Waals surface area contributed by atoms with Gasteiger partial charge in [-0.2, -0.15) is 0 Å². The molecule has 176 valence electrons. The molecule has 1 aliphatic heterocycles. The fourth-order valence-corrected chi connectivity index (χ4v) is 7.30. The molecule has 33 heavy (non-hydrogen) atoms. The van der Waals surface area contributed by atoms with Crippen LogP contribution in [0.3, 0.4) is 0 Å². The lowest BCUT2D eigenvalue weighted by atomic mass is 10.1. The summed E-state index contributed by atoms with van der Waals surface area (Å²) in [6.45, 7) is 0.954. The van der Waals surface area contributed by atoms with E-state index in [1.807, 2.05) is 0 Å². The molecule has 0 bridgehead atoms. The van der Waals surface area contributed by atoms with Crippen LogP contribution in [0.1, 0.15) is 23.2 Å². The van der Waals surface area contributed by atoms with E-state index in [-0.39, 0.29) is 31.5 Å². The zero-order chi connectivity index (χ0) is 23.5. The van der Waals surface area contributed by atoms with Crippen molar-refractivity contribution in [1.82, 2.24) is 5.32 Å². The number of carbonyl (C=O) groups excluding carboxylic acids is 1. The largest absolute Gasteiger partial charge is 0.376 e. The molecule has 13 heteroatoms. The molecule has 0 unspecified atom stereocenters. The van der Waals surface area contributed by atoms with Crippen LogP contribution in [0.5, 0.6) is 0 Å². The quantitative estimate of drug-likeness (QED) is 0.391. The van der Waals surface area contributed by atoms with Gasteiger partial charge in [0.05, 0.1) is 17.5 Å². The Kier molecular flexibility index (Phi) is 7.05. The molecule has 1 amide bonds. The van der Waals surface area contributed by atoms with Gasteiger partial charge in [-0.1, -0.05) is 12.1 Å². The molecule has 0 radical (unpaired) electrons. The minimum atomic E-state index is -3.90. The van der Waals surface area contributed by atoms with E-state index < -0.39 is 26.0 Å². The number of carbonyl (C=O) groups is 1. The molecular formula is C20H21N3O6S4. The Morgan fingerprint density at radius 3 is 1.97 bits per heavy atom. The Morgan fingerprint density at radius 2 is 1.52 bits per heavy atom. The van der Waals surface area contributed by atoms with Gasteiger partial charge in [-0.15, -0.1) is 22.7 Å². The number of hydrogen-bond acceptors (Lipinski definition) is 8. The van der Waals surface area contributed by atoms with Gasteiger partial charge < -0.3 is 10.1 Å². The molecule has 9 nitrogen and oxygen atoms in total. The number of amides is 1. The van der Waals surface area contributed by atoms with Crippen LogP contribution >= 0.6 is 22.7 Å². The van der Waals surface area contributed by atoms with Gasteiger partial charge in [-0.25, -0.2) is 16.8 Å². The van der Waals surface area contributed by atoms with Crippen molar-refractivity contribution in [2.75, 3.05) is 22.6 Å². The minimum absolute atomic E-state index is 0.0528. The minimum Gasteiger partial charge on any atom is -0.376 e. The second kappa shape index (κ2) is 9.81. The number of sulfonamides is 2. The first-order valence-electron chi connectivity index (χ1n) is 9.90. The maximum atomic E-state index is 12.8. The van der Waals surface area contributed by atoms with E-state index in [0.717, 1.165) is 35.5 Å². The highest BCUT2D eigenvalue weighted by Gasteiger charge is 2.21. The summed E-state index contributed by atoms with van der Waals surface area (Å²) in [6.07, 6.45) is 1.69. The Balaban J connectivity index is 1.62. The molecule has 1 aliphatic rings. The second-order valence-electron chi connectivity index (χ2n) is 7.22. The molecule has 1 saturated heterocycles. The van der Waals surface area contributed by atoms with Crippen LogP contribution in [0.25, 0.3) is 0 Å². The maximum Gasteiger partial charge on any atom is 0.271 e. The predicted molar refractivity (Wildman–Crippen MR) is 128 cm³/mol. The lowest BCUT2D eigenvalue weighted by Crippen LogP contribution is -2.31. The van der Waals surface area contributed by atoms with E-state index in [2.05, 4.69) is 14.8 Å². The summed E-state index contributed by atoms with van der Waals surface area (Å²) in [4.78, 5) is 12.8. The summed E-state index contributed by atoms with van der Waals surface area (Å²) in [5.74, 6) is -0.473. The fourth-order valence-electron chi connectivity index (χ4n) is 3.23. The number of thiophene rings is 2. The third-order valence-electron chi connectivity index (χ3n) is 4.73. The topological polar surface area (TPSA) is 131 Å². The van der Waals surface area contributed by atoms with Crippen LogP contribution in [-0.4, -0.2) is 42.0 Å². The van der Waals surface area contributed by atoms with Crippen LogP contribution in [0.2, 0.25) is 0 Å². The van der Waals surface area contributed by atoms with E-state index >= 15 is 0 Å². The van der Waals surface area contributed by atoms with Crippen LogP contribution < -0.4 is 14.8 Å². The lowest BCUT2D eigenvalue weighted by Gasteiger charge is -2.14. The molecule has 0 saturated carbocycles. The van der Waals surface area contributed by atoms with E-state index in [1.54, 1.807) is 22.9 Å². The average molecular weight is 528 g/mol. The molecule has 3 aromatic rings. The van der Waals surface area contributed by atoms with Crippen molar-refractivity contribution in [2.45, 2.75) is 27.4 Å². The summed E-state index contributed by atoms with van der Waals surface area (Å²) >= 11 is 2.08. The van der Waals surface area contributed by atoms with Crippen molar-refractivity contribution in [3.63, 3.8) is 0 Å². The van der Waals surface area contributed by atoms with Gasteiger partial charge in [-0.3, -0.25) is 14.2 Å². The molecule has 1 aromatic carbocycles. The third kappa shape index (κ3) is 5.92. The maximum absolute atomic E-state index is 12.8. The first-order valence-corrected chi connectivity index (χ1v) is 14.6. The van der Waals surface area contributed by atoms with Gasteiger partial charge in [0.1, 0.15) is 8.42 Å². The molecule has 3 N–H and O–H groups in total. The van der Waals surface area contributed by atoms with Crippen molar-refractivity contribution in [1.29, 1.82) is 0 Å². The van der Waals surface area contributed by atoms with Crippen molar-refractivity contribution in [2.24, 2.45) is 0 Å². The number of benzene rings is 1. The fraction of sp³-hybridized carbons (Fsp3) is 0.250. The Morgan fingerprint density at radius 1 is 0.939 bits per heavy atom. The summed E-state index contributed by atoms with van der Waals surface area (Å²) < 4.78 is 61.2. The van der Waals surface area contributed by atoms with Crippen molar-refractivity contribution < 1.29 is 26.4 Å². The van der Waals surface area contributed by atoms with Gasteiger partial charge >= 0.3 is 0 Å².